The molecule has 0 aromatic carbocycles. The summed E-state index contributed by atoms with van der Waals surface area (Å²) in [4.78, 5) is 34.5. The van der Waals surface area contributed by atoms with Crippen LogP contribution >= 0.6 is 11.3 Å². The Balaban J connectivity index is 2.13. The van der Waals surface area contributed by atoms with E-state index in [0.717, 1.165) is 11.3 Å². The van der Waals surface area contributed by atoms with Crippen LogP contribution in [0.1, 0.15) is 16.1 Å². The number of rotatable bonds is 3. The van der Waals surface area contributed by atoms with Gasteiger partial charge in [0.15, 0.2) is 0 Å². The normalized spacial score (nSPS) is 22.5. The highest BCUT2D eigenvalue weighted by molar-refractivity contribution is 7.17. The van der Waals surface area contributed by atoms with Gasteiger partial charge in [0, 0.05) is 19.2 Å². The molecule has 0 spiro atoms. The highest BCUT2D eigenvalue weighted by atomic mass is 32.1. The Kier molecular flexibility index (Phi) is 3.25. The Hall–Kier alpha value is -2.00. The van der Waals surface area contributed by atoms with Gasteiger partial charge in [-0.2, -0.15) is 0 Å². The Labute approximate surface area is 111 Å². The molecule has 9 heteroatoms. The first kappa shape index (κ1) is 13.4. The molecule has 0 saturated carbocycles. The number of thiophene rings is 1. The zero-order chi connectivity index (χ0) is 14.2. The fraction of sp³-hybridized carbons (Fsp3) is 0.400. The minimum absolute atomic E-state index is 0.0904. The molecule has 3 N–H and O–H groups in total. The van der Waals surface area contributed by atoms with Crippen LogP contribution in [-0.4, -0.2) is 45.4 Å². The third-order valence-corrected chi connectivity index (χ3v) is 4.02. The Morgan fingerprint density at radius 1 is 1.53 bits per heavy atom. The number of carbonyl (C=O) groups is 2. The van der Waals surface area contributed by atoms with Gasteiger partial charge in [-0.3, -0.25) is 19.7 Å². The number of likely N-dealkylation sites (tertiary alicyclic amines) is 1. The number of nitrogens with zero attached hydrogens (tertiary/aromatic N) is 2. The van der Waals surface area contributed by atoms with Crippen LogP contribution in [0, 0.1) is 10.1 Å². The topological polar surface area (TPSA) is 127 Å². The minimum Gasteiger partial charge on any atom is -0.480 e. The molecule has 1 aromatic rings. The number of carboxylic acid groups (broad SMARTS) is 1. The van der Waals surface area contributed by atoms with E-state index in [2.05, 4.69) is 0 Å². The maximum atomic E-state index is 12.1. The van der Waals surface area contributed by atoms with Crippen molar-refractivity contribution in [3.05, 3.63) is 27.1 Å². The number of hydrogen-bond donors (Lipinski definition) is 2. The van der Waals surface area contributed by atoms with E-state index in [1.165, 1.54) is 17.0 Å². The SMILES string of the molecule is NC1(C(=O)O)CCN(C(=O)c2ccc([N+](=O)[O-])s2)C1. The van der Waals surface area contributed by atoms with Crippen molar-refractivity contribution in [2.75, 3.05) is 13.1 Å². The third-order valence-electron chi connectivity index (χ3n) is 3.00. The lowest BCUT2D eigenvalue weighted by atomic mass is 10.0. The molecule has 1 saturated heterocycles. The summed E-state index contributed by atoms with van der Waals surface area (Å²) < 4.78 is 0. The van der Waals surface area contributed by atoms with Gasteiger partial charge in [-0.1, -0.05) is 11.3 Å². The summed E-state index contributed by atoms with van der Waals surface area (Å²) in [5, 5.41) is 19.4. The molecule has 2 heterocycles. The lowest BCUT2D eigenvalue weighted by molar-refractivity contribution is -0.380. The van der Waals surface area contributed by atoms with Crippen LogP contribution in [0.5, 0.6) is 0 Å². The van der Waals surface area contributed by atoms with Crippen LogP contribution in [0.4, 0.5) is 5.00 Å². The van der Waals surface area contributed by atoms with Crippen LogP contribution in [0.2, 0.25) is 0 Å². The van der Waals surface area contributed by atoms with Crippen molar-refractivity contribution < 1.29 is 19.6 Å². The smallest absolute Gasteiger partial charge is 0.325 e. The highest BCUT2D eigenvalue weighted by Crippen LogP contribution is 2.27. The second-order valence-electron chi connectivity index (χ2n) is 4.33. The minimum atomic E-state index is -1.43. The maximum absolute atomic E-state index is 12.1. The van der Waals surface area contributed by atoms with Crippen LogP contribution in [0.15, 0.2) is 12.1 Å². The van der Waals surface area contributed by atoms with E-state index in [1.54, 1.807) is 0 Å². The lowest BCUT2D eigenvalue weighted by Gasteiger charge is -2.19. The van der Waals surface area contributed by atoms with Gasteiger partial charge >= 0.3 is 11.0 Å². The molecule has 1 aliphatic heterocycles. The summed E-state index contributed by atoms with van der Waals surface area (Å²) in [5.41, 5.74) is 4.23. The molecule has 0 aliphatic carbocycles. The van der Waals surface area contributed by atoms with E-state index >= 15 is 0 Å². The van der Waals surface area contributed by atoms with Crippen molar-refractivity contribution in [1.29, 1.82) is 0 Å². The molecule has 1 atom stereocenters. The first-order valence-electron chi connectivity index (χ1n) is 5.39. The van der Waals surface area contributed by atoms with E-state index in [9.17, 15) is 19.7 Å². The van der Waals surface area contributed by atoms with Crippen molar-refractivity contribution in [3.8, 4) is 0 Å². The van der Waals surface area contributed by atoms with Gasteiger partial charge in [-0.25, -0.2) is 0 Å². The van der Waals surface area contributed by atoms with Crippen LogP contribution < -0.4 is 5.73 Å². The molecule has 1 aliphatic rings. The number of amides is 1. The molecule has 102 valence electrons. The van der Waals surface area contributed by atoms with Gasteiger partial charge in [0.25, 0.3) is 5.91 Å². The van der Waals surface area contributed by atoms with Gasteiger partial charge in [0.2, 0.25) is 0 Å². The first-order valence-corrected chi connectivity index (χ1v) is 6.21. The second kappa shape index (κ2) is 4.59. The predicted molar refractivity (Wildman–Crippen MR) is 66.0 cm³/mol. The van der Waals surface area contributed by atoms with Crippen molar-refractivity contribution in [3.63, 3.8) is 0 Å². The van der Waals surface area contributed by atoms with Gasteiger partial charge in [0.1, 0.15) is 5.54 Å². The van der Waals surface area contributed by atoms with E-state index < -0.39 is 22.3 Å². The fourth-order valence-electron chi connectivity index (χ4n) is 1.88. The standard InChI is InChI=1S/C10H11N3O5S/c11-10(9(15)16)3-4-12(5-10)8(14)6-1-2-7(19-6)13(17)18/h1-2H,3-5,11H2,(H,15,16). The highest BCUT2D eigenvalue weighted by Gasteiger charge is 2.43. The van der Waals surface area contributed by atoms with Crippen LogP contribution in [0.25, 0.3) is 0 Å². The monoisotopic (exact) mass is 285 g/mol. The average molecular weight is 285 g/mol. The molecule has 1 amide bonds. The zero-order valence-corrected chi connectivity index (χ0v) is 10.6. The maximum Gasteiger partial charge on any atom is 0.325 e. The van der Waals surface area contributed by atoms with E-state index in [1.807, 2.05) is 0 Å². The van der Waals surface area contributed by atoms with E-state index in [-0.39, 0.29) is 29.4 Å². The van der Waals surface area contributed by atoms with Gasteiger partial charge < -0.3 is 15.7 Å². The molecule has 0 radical (unpaired) electrons. The molecule has 1 fully saturated rings. The molecule has 8 nitrogen and oxygen atoms in total. The van der Waals surface area contributed by atoms with E-state index in [4.69, 9.17) is 10.8 Å². The third kappa shape index (κ3) is 2.42. The first-order chi connectivity index (χ1) is 8.83. The second-order valence-corrected chi connectivity index (χ2v) is 5.40. The molecule has 1 aromatic heterocycles. The summed E-state index contributed by atoms with van der Waals surface area (Å²) in [5.74, 6) is -1.58. The van der Waals surface area contributed by atoms with E-state index in [0.29, 0.717) is 0 Å². The van der Waals surface area contributed by atoms with Crippen LogP contribution in [0.3, 0.4) is 0 Å². The summed E-state index contributed by atoms with van der Waals surface area (Å²) in [6.07, 6.45) is 0.168. The zero-order valence-electron chi connectivity index (χ0n) is 9.74. The largest absolute Gasteiger partial charge is 0.480 e. The lowest BCUT2D eigenvalue weighted by Crippen LogP contribution is -2.50. The molecule has 0 bridgehead atoms. The number of nitrogens with two attached hydrogens (primary N) is 1. The van der Waals surface area contributed by atoms with Gasteiger partial charge in [-0.05, 0) is 12.5 Å². The Bertz CT molecular complexity index is 557. The predicted octanol–water partition coefficient (Wildman–Crippen LogP) is 0.284. The average Bonchev–Trinajstić information content (AvgIpc) is 2.95. The number of nitro groups is 1. The molecule has 1 unspecified atom stereocenters. The summed E-state index contributed by atoms with van der Waals surface area (Å²) in [6, 6.07) is 2.61. The number of carboxylic acids is 1. The van der Waals surface area contributed by atoms with Crippen molar-refractivity contribution in [1.82, 2.24) is 4.90 Å². The Morgan fingerprint density at radius 2 is 2.21 bits per heavy atom. The molecule has 19 heavy (non-hydrogen) atoms. The summed E-state index contributed by atoms with van der Waals surface area (Å²) in [6.45, 7) is 0.139. The van der Waals surface area contributed by atoms with Crippen molar-refractivity contribution in [2.24, 2.45) is 5.73 Å². The van der Waals surface area contributed by atoms with Crippen molar-refractivity contribution in [2.45, 2.75) is 12.0 Å². The van der Waals surface area contributed by atoms with Gasteiger partial charge in [0.05, 0.1) is 9.80 Å². The molecular weight excluding hydrogens is 274 g/mol. The Morgan fingerprint density at radius 3 is 2.68 bits per heavy atom. The number of hydrogen-bond acceptors (Lipinski definition) is 6. The number of aliphatic carboxylic acids is 1. The molecule has 2 rings (SSSR count). The fourth-order valence-corrected chi connectivity index (χ4v) is 2.67. The summed E-state index contributed by atoms with van der Waals surface area (Å²) >= 11 is 0.766. The quantitative estimate of drug-likeness (QED) is 0.606. The number of carbonyl (C=O) groups excluding carboxylic acids is 1. The van der Waals surface area contributed by atoms with Crippen molar-refractivity contribution >= 4 is 28.2 Å². The molecular formula is C10H11N3O5S. The summed E-state index contributed by atoms with van der Waals surface area (Å²) in [7, 11) is 0. The van der Waals surface area contributed by atoms with Gasteiger partial charge in [-0.15, -0.1) is 0 Å². The van der Waals surface area contributed by atoms with Crippen LogP contribution in [-0.2, 0) is 4.79 Å².